The monoisotopic (exact) mass is 256 g/mol. The van der Waals surface area contributed by atoms with Crippen molar-refractivity contribution in [2.75, 3.05) is 6.61 Å². The van der Waals surface area contributed by atoms with E-state index in [4.69, 9.17) is 4.74 Å². The van der Waals surface area contributed by atoms with Crippen LogP contribution in [-0.2, 0) is 11.3 Å². The standard InChI is InChI=1S/C16H20N2O/c1-12(16-7-4-10-19-16)17-11-14-9-8-13-5-2-3-6-15(13)18-14/h2-3,5-6,8-9,12,16-17H,4,7,10-11H2,1H3. The quantitative estimate of drug-likeness (QED) is 0.913. The minimum Gasteiger partial charge on any atom is -0.377 e. The molecule has 1 aromatic carbocycles. The first-order valence-corrected chi connectivity index (χ1v) is 7.02. The second-order valence-corrected chi connectivity index (χ2v) is 5.22. The maximum Gasteiger partial charge on any atom is 0.0726 e. The summed E-state index contributed by atoms with van der Waals surface area (Å²) in [7, 11) is 0. The van der Waals surface area contributed by atoms with Gasteiger partial charge in [-0.3, -0.25) is 4.98 Å². The van der Waals surface area contributed by atoms with E-state index in [1.165, 1.54) is 18.2 Å². The van der Waals surface area contributed by atoms with Gasteiger partial charge in [0.15, 0.2) is 0 Å². The van der Waals surface area contributed by atoms with Crippen LogP contribution in [0.2, 0.25) is 0 Å². The molecule has 0 saturated carbocycles. The van der Waals surface area contributed by atoms with Crippen molar-refractivity contribution in [3.05, 3.63) is 42.1 Å². The van der Waals surface area contributed by atoms with Crippen LogP contribution in [0.3, 0.4) is 0 Å². The Morgan fingerprint density at radius 3 is 3.05 bits per heavy atom. The molecule has 2 atom stereocenters. The van der Waals surface area contributed by atoms with Crippen molar-refractivity contribution in [1.29, 1.82) is 0 Å². The normalized spacial score (nSPS) is 20.8. The Hall–Kier alpha value is -1.45. The van der Waals surface area contributed by atoms with E-state index in [1.807, 2.05) is 12.1 Å². The van der Waals surface area contributed by atoms with Crippen molar-refractivity contribution in [2.45, 2.75) is 38.5 Å². The average Bonchev–Trinajstić information content (AvgIpc) is 2.99. The topological polar surface area (TPSA) is 34.2 Å². The average molecular weight is 256 g/mol. The van der Waals surface area contributed by atoms with E-state index in [0.29, 0.717) is 12.1 Å². The van der Waals surface area contributed by atoms with Gasteiger partial charge in [0.2, 0.25) is 0 Å². The summed E-state index contributed by atoms with van der Waals surface area (Å²) in [4.78, 5) is 4.67. The fourth-order valence-corrected chi connectivity index (χ4v) is 2.60. The van der Waals surface area contributed by atoms with Crippen LogP contribution in [0.1, 0.15) is 25.5 Å². The summed E-state index contributed by atoms with van der Waals surface area (Å²) >= 11 is 0. The summed E-state index contributed by atoms with van der Waals surface area (Å²) in [5, 5.41) is 4.71. The third-order valence-corrected chi connectivity index (χ3v) is 3.78. The molecule has 3 nitrogen and oxygen atoms in total. The fourth-order valence-electron chi connectivity index (χ4n) is 2.60. The highest BCUT2D eigenvalue weighted by atomic mass is 16.5. The van der Waals surface area contributed by atoms with E-state index >= 15 is 0 Å². The summed E-state index contributed by atoms with van der Waals surface area (Å²) in [5.74, 6) is 0. The SMILES string of the molecule is CC(NCc1ccc2ccccc2n1)C1CCCO1. The van der Waals surface area contributed by atoms with Crippen LogP contribution in [0.25, 0.3) is 10.9 Å². The lowest BCUT2D eigenvalue weighted by Crippen LogP contribution is -2.36. The van der Waals surface area contributed by atoms with Gasteiger partial charge >= 0.3 is 0 Å². The second-order valence-electron chi connectivity index (χ2n) is 5.22. The molecular weight excluding hydrogens is 236 g/mol. The van der Waals surface area contributed by atoms with Gasteiger partial charge in [-0.25, -0.2) is 0 Å². The highest BCUT2D eigenvalue weighted by Crippen LogP contribution is 2.16. The lowest BCUT2D eigenvalue weighted by Gasteiger charge is -2.19. The molecule has 100 valence electrons. The molecule has 0 spiro atoms. The number of nitrogens with zero attached hydrogens (tertiary/aromatic N) is 1. The van der Waals surface area contributed by atoms with Gasteiger partial charge < -0.3 is 10.1 Å². The first-order valence-electron chi connectivity index (χ1n) is 7.02. The number of ether oxygens (including phenoxy) is 1. The Kier molecular flexibility index (Phi) is 3.76. The number of pyridine rings is 1. The second kappa shape index (κ2) is 5.68. The Morgan fingerprint density at radius 1 is 1.32 bits per heavy atom. The molecule has 1 saturated heterocycles. The number of nitrogens with one attached hydrogen (secondary N) is 1. The Balaban J connectivity index is 1.64. The van der Waals surface area contributed by atoms with Crippen molar-refractivity contribution in [1.82, 2.24) is 10.3 Å². The van der Waals surface area contributed by atoms with E-state index in [0.717, 1.165) is 24.4 Å². The van der Waals surface area contributed by atoms with E-state index in [-0.39, 0.29) is 0 Å². The molecular formula is C16H20N2O. The van der Waals surface area contributed by atoms with Gasteiger partial charge in [-0.1, -0.05) is 24.3 Å². The lowest BCUT2D eigenvalue weighted by molar-refractivity contribution is 0.0831. The van der Waals surface area contributed by atoms with Crippen molar-refractivity contribution in [3.8, 4) is 0 Å². The van der Waals surface area contributed by atoms with Crippen LogP contribution in [0.15, 0.2) is 36.4 Å². The molecule has 3 rings (SSSR count). The molecule has 1 fully saturated rings. The van der Waals surface area contributed by atoms with E-state index < -0.39 is 0 Å². The number of benzene rings is 1. The van der Waals surface area contributed by atoms with Crippen molar-refractivity contribution < 1.29 is 4.74 Å². The van der Waals surface area contributed by atoms with Crippen molar-refractivity contribution >= 4 is 10.9 Å². The maximum absolute atomic E-state index is 5.69. The smallest absolute Gasteiger partial charge is 0.0726 e. The molecule has 19 heavy (non-hydrogen) atoms. The predicted octanol–water partition coefficient (Wildman–Crippen LogP) is 2.89. The first kappa shape index (κ1) is 12.6. The van der Waals surface area contributed by atoms with Gasteiger partial charge in [0.25, 0.3) is 0 Å². The molecule has 1 aromatic heterocycles. The zero-order chi connectivity index (χ0) is 13.1. The van der Waals surface area contributed by atoms with Crippen molar-refractivity contribution in [3.63, 3.8) is 0 Å². The number of hydrogen-bond acceptors (Lipinski definition) is 3. The van der Waals surface area contributed by atoms with Crippen LogP contribution < -0.4 is 5.32 Å². The summed E-state index contributed by atoms with van der Waals surface area (Å²) in [6.07, 6.45) is 2.71. The van der Waals surface area contributed by atoms with Crippen LogP contribution >= 0.6 is 0 Å². The molecule has 2 heterocycles. The molecule has 1 N–H and O–H groups in total. The minimum absolute atomic E-state index is 0.362. The van der Waals surface area contributed by atoms with Gasteiger partial charge in [0.1, 0.15) is 0 Å². The number of rotatable bonds is 4. The maximum atomic E-state index is 5.69. The Morgan fingerprint density at radius 2 is 2.21 bits per heavy atom. The van der Waals surface area contributed by atoms with Crippen LogP contribution in [-0.4, -0.2) is 23.7 Å². The number of aromatic nitrogens is 1. The molecule has 0 bridgehead atoms. The summed E-state index contributed by atoms with van der Waals surface area (Å²) in [6, 6.07) is 12.8. The third kappa shape index (κ3) is 2.94. The summed E-state index contributed by atoms with van der Waals surface area (Å²) in [6.45, 7) is 3.90. The zero-order valence-electron chi connectivity index (χ0n) is 11.3. The molecule has 1 aliphatic heterocycles. The third-order valence-electron chi connectivity index (χ3n) is 3.78. The van der Waals surface area contributed by atoms with Gasteiger partial charge in [0, 0.05) is 24.6 Å². The zero-order valence-corrected chi connectivity index (χ0v) is 11.3. The van der Waals surface area contributed by atoms with Gasteiger partial charge in [-0.15, -0.1) is 0 Å². The lowest BCUT2D eigenvalue weighted by atomic mass is 10.1. The van der Waals surface area contributed by atoms with Crippen LogP contribution in [0, 0.1) is 0 Å². The molecule has 3 heteroatoms. The summed E-state index contributed by atoms with van der Waals surface area (Å²) in [5.41, 5.74) is 2.15. The van der Waals surface area contributed by atoms with Crippen LogP contribution in [0.5, 0.6) is 0 Å². The van der Waals surface area contributed by atoms with Gasteiger partial charge in [0.05, 0.1) is 17.3 Å². The van der Waals surface area contributed by atoms with Gasteiger partial charge in [-0.05, 0) is 31.9 Å². The highest BCUT2D eigenvalue weighted by molar-refractivity contribution is 5.78. The van der Waals surface area contributed by atoms with Gasteiger partial charge in [-0.2, -0.15) is 0 Å². The van der Waals surface area contributed by atoms with Crippen molar-refractivity contribution in [2.24, 2.45) is 0 Å². The molecule has 2 unspecified atom stereocenters. The predicted molar refractivity (Wildman–Crippen MR) is 77.0 cm³/mol. The molecule has 1 aliphatic rings. The summed E-state index contributed by atoms with van der Waals surface area (Å²) < 4.78 is 5.69. The molecule has 0 aliphatic carbocycles. The molecule has 0 radical (unpaired) electrons. The Bertz CT molecular complexity index is 549. The van der Waals surface area contributed by atoms with E-state index in [9.17, 15) is 0 Å². The van der Waals surface area contributed by atoms with Crippen LogP contribution in [0.4, 0.5) is 0 Å². The van der Waals surface area contributed by atoms with E-state index in [1.54, 1.807) is 0 Å². The largest absolute Gasteiger partial charge is 0.377 e. The molecule has 0 amide bonds. The number of para-hydroxylation sites is 1. The fraction of sp³-hybridized carbons (Fsp3) is 0.438. The number of hydrogen-bond donors (Lipinski definition) is 1. The highest BCUT2D eigenvalue weighted by Gasteiger charge is 2.21. The number of fused-ring (bicyclic) bond motifs is 1. The minimum atomic E-state index is 0.362. The first-order chi connectivity index (χ1) is 9.33. The van der Waals surface area contributed by atoms with E-state index in [2.05, 4.69) is 41.5 Å². The molecule has 2 aromatic rings. The Labute approximate surface area is 114 Å².